The topological polar surface area (TPSA) is 26.3 Å². The Bertz CT molecular complexity index is 1250. The Balaban J connectivity index is 1.90. The quantitative estimate of drug-likeness (QED) is 0.105. The third-order valence-electron chi connectivity index (χ3n) is 8.51. The second-order valence-corrected chi connectivity index (χ2v) is 13.7. The molecule has 0 unspecified atom stereocenters. The molecule has 0 bridgehead atoms. The van der Waals surface area contributed by atoms with Crippen LogP contribution in [0.4, 0.5) is 0 Å². The Morgan fingerprint density at radius 3 is 1.51 bits per heavy atom. The highest BCUT2D eigenvalue weighted by Crippen LogP contribution is 2.41. The summed E-state index contributed by atoms with van der Waals surface area (Å²) in [5, 5.41) is 0. The van der Waals surface area contributed by atoms with Gasteiger partial charge in [-0.3, -0.25) is 0 Å². The van der Waals surface area contributed by atoms with E-state index in [1.807, 2.05) is 38.2 Å². The predicted octanol–water partition coefficient (Wildman–Crippen LogP) is 12.1. The Hall–Kier alpha value is -3.39. The van der Waals surface area contributed by atoms with E-state index in [0.29, 0.717) is 5.76 Å². The molecule has 2 aliphatic carbocycles. The van der Waals surface area contributed by atoms with Gasteiger partial charge in [-0.05, 0) is 119 Å². The molecule has 0 N–H and O–H groups in total. The average Bonchev–Trinajstić information content (AvgIpc) is 2.87. The van der Waals surface area contributed by atoms with Crippen LogP contribution in [0.25, 0.3) is 0 Å². The standard InChI is InChI=1S/C41H56O2/c1-30(22-24-37-34(5)20-14-26-40(37,8)9)16-12-18-32(3)28-36(7)43-39(42)29-33(4)19-13-17-31(2)23-25-38-35(6)21-15-27-41(38,10)11/h12-13,16-19,22-25,28-29H,7,14-15,20-21,26-27H2,1-6,8-11H3/b18-12+,19-13+,24-22+,25-23+,30-16+,31-17+,32-28+,33-29+. The fraction of sp³-hybridized carbons (Fsp3) is 0.439. The highest BCUT2D eigenvalue weighted by atomic mass is 16.5. The molecule has 0 aromatic rings. The second-order valence-electron chi connectivity index (χ2n) is 13.7. The number of esters is 1. The van der Waals surface area contributed by atoms with Gasteiger partial charge in [-0.15, -0.1) is 0 Å². The van der Waals surface area contributed by atoms with E-state index in [1.165, 1.54) is 72.5 Å². The largest absolute Gasteiger partial charge is 0.424 e. The molecule has 0 amide bonds. The molecule has 0 saturated carbocycles. The molecule has 0 aromatic heterocycles. The van der Waals surface area contributed by atoms with Gasteiger partial charge in [0.2, 0.25) is 0 Å². The number of carbonyl (C=O) groups excluding carboxylic acids is 1. The van der Waals surface area contributed by atoms with Gasteiger partial charge >= 0.3 is 5.97 Å². The van der Waals surface area contributed by atoms with Crippen molar-refractivity contribution in [3.63, 3.8) is 0 Å². The summed E-state index contributed by atoms with van der Waals surface area (Å²) in [7, 11) is 0. The van der Waals surface area contributed by atoms with E-state index >= 15 is 0 Å². The molecular formula is C41H56O2. The minimum absolute atomic E-state index is 0.236. The molecule has 2 heteroatoms. The van der Waals surface area contributed by atoms with E-state index in [9.17, 15) is 4.79 Å². The summed E-state index contributed by atoms with van der Waals surface area (Å²) in [6, 6.07) is 0. The first-order valence-corrected chi connectivity index (χ1v) is 15.8. The first-order valence-electron chi connectivity index (χ1n) is 15.8. The number of allylic oxidation sites excluding steroid dienone is 19. The molecule has 2 nitrogen and oxygen atoms in total. The molecule has 0 fully saturated rings. The lowest BCUT2D eigenvalue weighted by Crippen LogP contribution is -2.19. The monoisotopic (exact) mass is 580 g/mol. The summed E-state index contributed by atoms with van der Waals surface area (Å²) in [6.07, 6.45) is 31.6. The fourth-order valence-electron chi connectivity index (χ4n) is 5.99. The van der Waals surface area contributed by atoms with Crippen LogP contribution in [-0.4, -0.2) is 5.97 Å². The van der Waals surface area contributed by atoms with Crippen molar-refractivity contribution in [1.82, 2.24) is 0 Å². The van der Waals surface area contributed by atoms with E-state index in [2.05, 4.69) is 98.4 Å². The molecule has 0 aromatic carbocycles. The van der Waals surface area contributed by atoms with Crippen LogP contribution in [-0.2, 0) is 9.53 Å². The van der Waals surface area contributed by atoms with Gasteiger partial charge in [0.05, 0.1) is 0 Å². The van der Waals surface area contributed by atoms with Gasteiger partial charge in [-0.1, -0.05) is 117 Å². The lowest BCUT2D eigenvalue weighted by molar-refractivity contribution is -0.133. The Kier molecular flexibility index (Phi) is 13.7. The van der Waals surface area contributed by atoms with Crippen LogP contribution in [0.2, 0.25) is 0 Å². The van der Waals surface area contributed by atoms with E-state index in [-0.39, 0.29) is 10.8 Å². The maximum atomic E-state index is 12.4. The highest BCUT2D eigenvalue weighted by molar-refractivity contribution is 5.84. The minimum Gasteiger partial charge on any atom is -0.424 e. The van der Waals surface area contributed by atoms with Gasteiger partial charge in [0.25, 0.3) is 0 Å². The van der Waals surface area contributed by atoms with Gasteiger partial charge in [0.15, 0.2) is 0 Å². The summed E-state index contributed by atoms with van der Waals surface area (Å²) in [5.74, 6) is -0.113. The summed E-state index contributed by atoms with van der Waals surface area (Å²) < 4.78 is 5.40. The molecular weight excluding hydrogens is 524 g/mol. The van der Waals surface area contributed by atoms with Crippen molar-refractivity contribution in [1.29, 1.82) is 0 Å². The fourth-order valence-corrected chi connectivity index (χ4v) is 5.99. The van der Waals surface area contributed by atoms with Crippen molar-refractivity contribution >= 4 is 5.97 Å². The van der Waals surface area contributed by atoms with Crippen molar-refractivity contribution in [2.24, 2.45) is 10.8 Å². The SMILES string of the molecule is C=C(/C=C(C)/C=C/C=C(C)/C=C/C1=C(C)CCCC1(C)C)OC(=O)/C=C(C)/C=C/C=C(C)/C=C/C1=C(C)CCCC1(C)C. The van der Waals surface area contributed by atoms with Crippen LogP contribution in [0.3, 0.4) is 0 Å². The molecule has 0 aliphatic heterocycles. The molecule has 232 valence electrons. The summed E-state index contributed by atoms with van der Waals surface area (Å²) in [5.41, 5.74) is 10.5. The first-order chi connectivity index (χ1) is 20.1. The Morgan fingerprint density at radius 1 is 0.674 bits per heavy atom. The minimum atomic E-state index is -0.432. The molecule has 0 spiro atoms. The second kappa shape index (κ2) is 16.5. The van der Waals surface area contributed by atoms with Crippen LogP contribution in [0.15, 0.2) is 130 Å². The van der Waals surface area contributed by atoms with E-state index < -0.39 is 5.97 Å². The van der Waals surface area contributed by atoms with Crippen LogP contribution in [0.1, 0.15) is 108 Å². The lowest BCUT2D eigenvalue weighted by atomic mass is 9.72. The maximum Gasteiger partial charge on any atom is 0.336 e. The van der Waals surface area contributed by atoms with Gasteiger partial charge in [-0.25, -0.2) is 4.79 Å². The number of rotatable bonds is 11. The van der Waals surface area contributed by atoms with Gasteiger partial charge in [-0.2, -0.15) is 0 Å². The molecule has 0 heterocycles. The van der Waals surface area contributed by atoms with Crippen LogP contribution in [0, 0.1) is 10.8 Å². The third kappa shape index (κ3) is 12.4. The van der Waals surface area contributed by atoms with Crippen molar-refractivity contribution in [3.8, 4) is 0 Å². The van der Waals surface area contributed by atoms with E-state index in [1.54, 1.807) is 6.08 Å². The molecule has 0 saturated heterocycles. The smallest absolute Gasteiger partial charge is 0.336 e. The van der Waals surface area contributed by atoms with Gasteiger partial charge in [0.1, 0.15) is 5.76 Å². The average molecular weight is 581 g/mol. The zero-order valence-corrected chi connectivity index (χ0v) is 28.7. The molecule has 0 atom stereocenters. The molecule has 43 heavy (non-hydrogen) atoms. The van der Waals surface area contributed by atoms with Crippen molar-refractivity contribution in [2.45, 2.75) is 108 Å². The van der Waals surface area contributed by atoms with Crippen LogP contribution in [0.5, 0.6) is 0 Å². The number of hydrogen-bond acceptors (Lipinski definition) is 2. The van der Waals surface area contributed by atoms with Crippen molar-refractivity contribution in [2.75, 3.05) is 0 Å². The van der Waals surface area contributed by atoms with Crippen molar-refractivity contribution < 1.29 is 9.53 Å². The zero-order chi connectivity index (χ0) is 32.2. The summed E-state index contributed by atoms with van der Waals surface area (Å²) >= 11 is 0. The lowest BCUT2D eigenvalue weighted by Gasteiger charge is -2.33. The third-order valence-corrected chi connectivity index (χ3v) is 8.51. The Morgan fingerprint density at radius 2 is 1.09 bits per heavy atom. The Labute approximate surface area is 263 Å². The maximum absolute atomic E-state index is 12.4. The van der Waals surface area contributed by atoms with E-state index in [0.717, 1.165) is 16.7 Å². The van der Waals surface area contributed by atoms with Gasteiger partial charge in [0, 0.05) is 6.08 Å². The molecule has 2 rings (SSSR count). The predicted molar refractivity (Wildman–Crippen MR) is 187 cm³/mol. The number of carbonyl (C=O) groups is 1. The normalized spacial score (nSPS) is 20.8. The number of ether oxygens (including phenoxy) is 1. The van der Waals surface area contributed by atoms with Crippen LogP contribution < -0.4 is 0 Å². The van der Waals surface area contributed by atoms with Gasteiger partial charge < -0.3 is 4.74 Å². The highest BCUT2D eigenvalue weighted by Gasteiger charge is 2.27. The van der Waals surface area contributed by atoms with Crippen LogP contribution >= 0.6 is 0 Å². The zero-order valence-electron chi connectivity index (χ0n) is 28.7. The van der Waals surface area contributed by atoms with Crippen molar-refractivity contribution in [3.05, 3.63) is 130 Å². The first kappa shape index (κ1) is 35.8. The summed E-state index contributed by atoms with van der Waals surface area (Å²) in [4.78, 5) is 12.4. The summed E-state index contributed by atoms with van der Waals surface area (Å²) in [6.45, 7) is 25.8. The number of hydrogen-bond donors (Lipinski definition) is 0. The molecule has 2 aliphatic rings. The van der Waals surface area contributed by atoms with E-state index in [4.69, 9.17) is 4.74 Å². The molecule has 0 radical (unpaired) electrons.